The number of rotatable bonds is 1. The standard InChI is InChI=1S/C18H16N4O2/c1-18(2)17(23)16(22-8-4-3-5-15(22)21-11-20)13-9-12(10-19)6-7-14(13)24-18/h3-9,16-17,23H,1-2H3/t16-,17+/m1/s1. The van der Waals surface area contributed by atoms with Gasteiger partial charge in [0.05, 0.1) is 17.7 Å². The second-order valence-electron chi connectivity index (χ2n) is 6.14. The van der Waals surface area contributed by atoms with Crippen molar-refractivity contribution in [3.05, 3.63) is 59.2 Å². The van der Waals surface area contributed by atoms with E-state index in [2.05, 4.69) is 11.1 Å². The molecule has 0 unspecified atom stereocenters. The zero-order chi connectivity index (χ0) is 17.3. The average Bonchev–Trinajstić information content (AvgIpc) is 2.57. The largest absolute Gasteiger partial charge is 0.485 e. The number of aliphatic hydroxyl groups is 1. The van der Waals surface area contributed by atoms with Crippen molar-refractivity contribution < 1.29 is 9.84 Å². The van der Waals surface area contributed by atoms with Crippen LogP contribution in [-0.4, -0.2) is 21.4 Å². The number of hydrogen-bond donors (Lipinski definition) is 1. The Hall–Kier alpha value is -3.09. The van der Waals surface area contributed by atoms with E-state index in [4.69, 9.17) is 10.00 Å². The number of nitriles is 2. The Morgan fingerprint density at radius 2 is 2.04 bits per heavy atom. The molecule has 0 bridgehead atoms. The first-order valence-corrected chi connectivity index (χ1v) is 7.49. The first-order valence-electron chi connectivity index (χ1n) is 7.49. The van der Waals surface area contributed by atoms with Crippen molar-refractivity contribution >= 4 is 0 Å². The van der Waals surface area contributed by atoms with E-state index < -0.39 is 17.7 Å². The van der Waals surface area contributed by atoms with Gasteiger partial charge in [-0.2, -0.15) is 15.5 Å². The van der Waals surface area contributed by atoms with Crippen LogP contribution in [0.25, 0.3) is 0 Å². The summed E-state index contributed by atoms with van der Waals surface area (Å²) in [5, 5.41) is 29.0. The van der Waals surface area contributed by atoms with Crippen LogP contribution in [0.15, 0.2) is 47.6 Å². The molecular weight excluding hydrogens is 304 g/mol. The Morgan fingerprint density at radius 1 is 1.25 bits per heavy atom. The molecule has 0 aliphatic carbocycles. The third kappa shape index (κ3) is 2.54. The van der Waals surface area contributed by atoms with Crippen LogP contribution in [-0.2, 0) is 0 Å². The highest BCUT2D eigenvalue weighted by Crippen LogP contribution is 2.41. The molecule has 2 atom stereocenters. The topological polar surface area (TPSA) is 94.3 Å². The van der Waals surface area contributed by atoms with Crippen molar-refractivity contribution in [2.75, 3.05) is 0 Å². The van der Waals surface area contributed by atoms with Crippen LogP contribution in [0.5, 0.6) is 5.75 Å². The molecule has 0 saturated heterocycles. The molecule has 0 spiro atoms. The van der Waals surface area contributed by atoms with Crippen LogP contribution in [0.1, 0.15) is 31.0 Å². The van der Waals surface area contributed by atoms with Gasteiger partial charge in [-0.3, -0.25) is 0 Å². The van der Waals surface area contributed by atoms with Gasteiger partial charge < -0.3 is 14.4 Å². The SMILES string of the molecule is CC1(C)Oc2ccc(C#N)cc2[C@@H](n2ccccc2=NC#N)[C@@H]1O. The average molecular weight is 320 g/mol. The van der Waals surface area contributed by atoms with Gasteiger partial charge in [-0.25, -0.2) is 0 Å². The van der Waals surface area contributed by atoms with Gasteiger partial charge in [0.25, 0.3) is 0 Å². The normalized spacial score (nSPS) is 22.0. The summed E-state index contributed by atoms with van der Waals surface area (Å²) in [4.78, 5) is 3.83. The van der Waals surface area contributed by atoms with E-state index in [0.29, 0.717) is 22.4 Å². The number of hydrogen-bond acceptors (Lipinski definition) is 5. The van der Waals surface area contributed by atoms with Crippen LogP contribution in [0.2, 0.25) is 0 Å². The highest BCUT2D eigenvalue weighted by molar-refractivity contribution is 5.46. The van der Waals surface area contributed by atoms with E-state index in [0.717, 1.165) is 0 Å². The Kier molecular flexibility index (Phi) is 3.84. The van der Waals surface area contributed by atoms with Crippen molar-refractivity contribution in [2.24, 2.45) is 4.99 Å². The van der Waals surface area contributed by atoms with E-state index in [-0.39, 0.29) is 0 Å². The molecule has 6 nitrogen and oxygen atoms in total. The Labute approximate surface area is 139 Å². The maximum atomic E-state index is 10.9. The van der Waals surface area contributed by atoms with Gasteiger partial charge in [-0.15, -0.1) is 0 Å². The van der Waals surface area contributed by atoms with Gasteiger partial charge in [-0.05, 0) is 44.2 Å². The van der Waals surface area contributed by atoms with Crippen molar-refractivity contribution in [3.8, 4) is 18.0 Å². The minimum absolute atomic E-state index is 0.426. The second-order valence-corrected chi connectivity index (χ2v) is 6.14. The number of fused-ring (bicyclic) bond motifs is 1. The fourth-order valence-electron chi connectivity index (χ4n) is 2.97. The lowest BCUT2D eigenvalue weighted by Crippen LogP contribution is -2.52. The number of ether oxygens (including phenoxy) is 1. The molecule has 1 aromatic carbocycles. The van der Waals surface area contributed by atoms with Crippen molar-refractivity contribution in [3.63, 3.8) is 0 Å². The maximum absolute atomic E-state index is 10.9. The van der Waals surface area contributed by atoms with Crippen molar-refractivity contribution in [1.29, 1.82) is 10.5 Å². The number of nitrogens with zero attached hydrogens (tertiary/aromatic N) is 4. The van der Waals surface area contributed by atoms with E-state index in [1.807, 2.05) is 0 Å². The highest BCUT2D eigenvalue weighted by atomic mass is 16.5. The van der Waals surface area contributed by atoms with E-state index in [9.17, 15) is 10.4 Å². The van der Waals surface area contributed by atoms with E-state index in [1.165, 1.54) is 0 Å². The van der Waals surface area contributed by atoms with Crippen LogP contribution in [0.3, 0.4) is 0 Å². The first kappa shape index (κ1) is 15.8. The summed E-state index contributed by atoms with van der Waals surface area (Å²) in [6.07, 6.45) is 2.65. The van der Waals surface area contributed by atoms with E-state index in [1.54, 1.807) is 67.2 Å². The summed E-state index contributed by atoms with van der Waals surface area (Å²) in [6.45, 7) is 3.60. The summed E-state index contributed by atoms with van der Waals surface area (Å²) in [7, 11) is 0. The summed E-state index contributed by atoms with van der Waals surface area (Å²) in [5.41, 5.74) is 0.754. The molecule has 0 amide bonds. The van der Waals surface area contributed by atoms with Crippen LogP contribution < -0.4 is 10.2 Å². The number of aromatic nitrogens is 1. The molecule has 1 N–H and O–H groups in total. The second kappa shape index (κ2) is 5.84. The number of aliphatic hydroxyl groups excluding tert-OH is 1. The molecule has 0 radical (unpaired) electrons. The molecule has 3 rings (SSSR count). The molecule has 1 aliphatic rings. The van der Waals surface area contributed by atoms with Gasteiger partial charge >= 0.3 is 0 Å². The molecule has 1 aromatic heterocycles. The fourth-order valence-corrected chi connectivity index (χ4v) is 2.97. The Bertz CT molecular complexity index is 931. The summed E-state index contributed by atoms with van der Waals surface area (Å²) in [6, 6.07) is 12.0. The Balaban J connectivity index is 2.30. The molecule has 0 fully saturated rings. The van der Waals surface area contributed by atoms with Crippen LogP contribution >= 0.6 is 0 Å². The summed E-state index contributed by atoms with van der Waals surface area (Å²) < 4.78 is 7.65. The molecule has 0 saturated carbocycles. The highest BCUT2D eigenvalue weighted by Gasteiger charge is 2.43. The van der Waals surface area contributed by atoms with Crippen molar-refractivity contribution in [1.82, 2.24) is 4.57 Å². The third-order valence-corrected chi connectivity index (χ3v) is 4.17. The quantitative estimate of drug-likeness (QED) is 0.811. The van der Waals surface area contributed by atoms with Gasteiger partial charge in [0.15, 0.2) is 0 Å². The van der Waals surface area contributed by atoms with Crippen LogP contribution in [0.4, 0.5) is 0 Å². The molecule has 1 aliphatic heterocycles. The molecule has 120 valence electrons. The molecule has 2 heterocycles. The van der Waals surface area contributed by atoms with Gasteiger partial charge in [-0.1, -0.05) is 6.07 Å². The summed E-state index contributed by atoms with van der Waals surface area (Å²) in [5.74, 6) is 0.605. The Morgan fingerprint density at radius 3 is 2.75 bits per heavy atom. The lowest BCUT2D eigenvalue weighted by molar-refractivity contribution is -0.0644. The number of pyridine rings is 1. The smallest absolute Gasteiger partial charge is 0.207 e. The lowest BCUT2D eigenvalue weighted by atomic mass is 9.85. The predicted octanol–water partition coefficient (Wildman–Crippen LogP) is 1.86. The van der Waals surface area contributed by atoms with E-state index >= 15 is 0 Å². The van der Waals surface area contributed by atoms with Gasteiger partial charge in [0.2, 0.25) is 6.19 Å². The fraction of sp³-hybridized carbons (Fsp3) is 0.278. The zero-order valence-electron chi connectivity index (χ0n) is 13.3. The minimum atomic E-state index is -0.890. The lowest BCUT2D eigenvalue weighted by Gasteiger charge is -2.43. The van der Waals surface area contributed by atoms with Crippen molar-refractivity contribution in [2.45, 2.75) is 31.6 Å². The molecule has 6 heteroatoms. The zero-order valence-corrected chi connectivity index (χ0v) is 13.3. The summed E-state index contributed by atoms with van der Waals surface area (Å²) >= 11 is 0. The minimum Gasteiger partial charge on any atom is -0.485 e. The monoisotopic (exact) mass is 320 g/mol. The maximum Gasteiger partial charge on any atom is 0.207 e. The molecule has 2 aromatic rings. The van der Waals surface area contributed by atoms with Crippen LogP contribution in [0, 0.1) is 22.8 Å². The van der Waals surface area contributed by atoms with Gasteiger partial charge in [0.1, 0.15) is 22.9 Å². The molecular formula is C18H16N4O2. The first-order chi connectivity index (χ1) is 11.5. The third-order valence-electron chi connectivity index (χ3n) is 4.17. The number of benzene rings is 1. The predicted molar refractivity (Wildman–Crippen MR) is 85.6 cm³/mol. The molecule has 24 heavy (non-hydrogen) atoms. The van der Waals surface area contributed by atoms with Gasteiger partial charge in [0, 0.05) is 11.8 Å².